The predicted octanol–water partition coefficient (Wildman–Crippen LogP) is 4.80. The Morgan fingerprint density at radius 1 is 0.816 bits per heavy atom. The maximum Gasteiger partial charge on any atom is 0.321 e. The van der Waals surface area contributed by atoms with Crippen LogP contribution in [-0.4, -0.2) is 68.4 Å². The molecule has 3 aromatic carbocycles. The van der Waals surface area contributed by atoms with Crippen molar-refractivity contribution in [2.24, 2.45) is 0 Å². The minimum Gasteiger partial charge on any atom is -0.493 e. The second-order valence-electron chi connectivity index (χ2n) is 8.58. The van der Waals surface area contributed by atoms with Gasteiger partial charge < -0.3 is 34.1 Å². The van der Waals surface area contributed by atoms with E-state index in [0.717, 1.165) is 17.0 Å². The first kappa shape index (κ1) is 24.9. The summed E-state index contributed by atoms with van der Waals surface area (Å²) in [5, 5.41) is 3.76. The number of amides is 2. The average molecular weight is 516 g/mol. The molecule has 1 fully saturated rings. The van der Waals surface area contributed by atoms with E-state index in [-0.39, 0.29) is 6.03 Å². The van der Waals surface area contributed by atoms with Gasteiger partial charge in [0.05, 0.1) is 26.7 Å². The zero-order valence-electron chi connectivity index (χ0n) is 21.5. The molecule has 2 heterocycles. The van der Waals surface area contributed by atoms with E-state index in [1.54, 1.807) is 26.2 Å². The van der Waals surface area contributed by atoms with Gasteiger partial charge in [0.25, 0.3) is 0 Å². The van der Waals surface area contributed by atoms with Gasteiger partial charge in [-0.05, 0) is 42.5 Å². The molecule has 0 bridgehead atoms. The summed E-state index contributed by atoms with van der Waals surface area (Å²) in [6, 6.07) is 18.6. The number of carbonyl (C=O) groups is 1. The summed E-state index contributed by atoms with van der Waals surface area (Å²) < 4.78 is 22.4. The maximum absolute atomic E-state index is 12.9. The van der Waals surface area contributed by atoms with E-state index in [4.69, 9.17) is 18.9 Å². The molecule has 10 nitrogen and oxygen atoms in total. The minimum atomic E-state index is -0.151. The first-order valence-corrected chi connectivity index (χ1v) is 12.2. The van der Waals surface area contributed by atoms with Crippen molar-refractivity contribution in [2.75, 3.05) is 57.7 Å². The predicted molar refractivity (Wildman–Crippen MR) is 145 cm³/mol. The van der Waals surface area contributed by atoms with Gasteiger partial charge in [0, 0.05) is 31.9 Å². The molecule has 1 aliphatic rings. The highest BCUT2D eigenvalue weighted by Crippen LogP contribution is 2.44. The fourth-order valence-corrected chi connectivity index (χ4v) is 4.46. The van der Waals surface area contributed by atoms with Crippen molar-refractivity contribution < 1.29 is 23.7 Å². The molecule has 5 rings (SSSR count). The first-order valence-electron chi connectivity index (χ1n) is 12.2. The number of benzene rings is 3. The van der Waals surface area contributed by atoms with Gasteiger partial charge in [0.15, 0.2) is 11.5 Å². The lowest BCUT2D eigenvalue weighted by Gasteiger charge is -2.35. The van der Waals surface area contributed by atoms with Gasteiger partial charge in [-0.1, -0.05) is 18.2 Å². The number of anilines is 2. The molecule has 0 saturated carbocycles. The van der Waals surface area contributed by atoms with Gasteiger partial charge in [0.2, 0.25) is 5.75 Å². The van der Waals surface area contributed by atoms with Crippen LogP contribution < -0.4 is 29.2 Å². The normalized spacial score (nSPS) is 13.2. The van der Waals surface area contributed by atoms with Crippen LogP contribution in [0.4, 0.5) is 16.3 Å². The fraction of sp³-hybridized carbons (Fsp3) is 0.250. The van der Waals surface area contributed by atoms with E-state index in [9.17, 15) is 4.79 Å². The second-order valence-corrected chi connectivity index (χ2v) is 8.58. The molecule has 0 aliphatic carbocycles. The van der Waals surface area contributed by atoms with Gasteiger partial charge in [0.1, 0.15) is 29.2 Å². The molecule has 1 aromatic heterocycles. The number of carbonyl (C=O) groups excluding carboxylic acids is 1. The molecule has 0 radical (unpaired) electrons. The Morgan fingerprint density at radius 3 is 2.16 bits per heavy atom. The number of nitrogens with zero attached hydrogens (tertiary/aromatic N) is 4. The van der Waals surface area contributed by atoms with E-state index in [1.807, 2.05) is 60.7 Å². The van der Waals surface area contributed by atoms with E-state index >= 15 is 0 Å². The maximum atomic E-state index is 12.9. The molecule has 2 amide bonds. The van der Waals surface area contributed by atoms with Crippen molar-refractivity contribution in [1.82, 2.24) is 14.9 Å². The van der Waals surface area contributed by atoms with Crippen LogP contribution in [0.5, 0.6) is 28.7 Å². The number of methoxy groups -OCH3 is 3. The van der Waals surface area contributed by atoms with Crippen LogP contribution in [0, 0.1) is 0 Å². The molecular weight excluding hydrogens is 486 g/mol. The van der Waals surface area contributed by atoms with Crippen LogP contribution in [-0.2, 0) is 0 Å². The van der Waals surface area contributed by atoms with E-state index in [1.165, 1.54) is 6.33 Å². The standard InChI is InChI=1S/C28H29N5O5/c1-35-23-17-22-24(26(37-3)25(23)36-2)29-18-30-27(22)32-13-15-33(16-14-32)28(34)31-19-9-11-21(12-10-19)38-20-7-5-4-6-8-20/h4-12,17-18H,13-16H2,1-3H3,(H,31,34). The van der Waals surface area contributed by atoms with E-state index < -0.39 is 0 Å². The smallest absolute Gasteiger partial charge is 0.321 e. The van der Waals surface area contributed by atoms with Crippen molar-refractivity contribution in [3.05, 3.63) is 67.0 Å². The molecule has 1 aliphatic heterocycles. The summed E-state index contributed by atoms with van der Waals surface area (Å²) in [5.41, 5.74) is 1.34. The number of piperazine rings is 1. The number of nitrogens with one attached hydrogen (secondary N) is 1. The molecule has 1 N–H and O–H groups in total. The number of aromatic nitrogens is 2. The molecule has 10 heteroatoms. The van der Waals surface area contributed by atoms with Crippen molar-refractivity contribution in [1.29, 1.82) is 0 Å². The SMILES string of the molecule is COc1cc2c(N3CCN(C(=O)Nc4ccc(Oc5ccccc5)cc4)CC3)ncnc2c(OC)c1OC. The number of hydrogen-bond donors (Lipinski definition) is 1. The topological polar surface area (TPSA) is 98.3 Å². The van der Waals surface area contributed by atoms with Crippen LogP contribution in [0.15, 0.2) is 67.0 Å². The number of urea groups is 1. The van der Waals surface area contributed by atoms with Crippen LogP contribution in [0.25, 0.3) is 10.9 Å². The largest absolute Gasteiger partial charge is 0.493 e. The Bertz CT molecular complexity index is 1410. The lowest BCUT2D eigenvalue weighted by Crippen LogP contribution is -2.50. The molecule has 0 spiro atoms. The highest BCUT2D eigenvalue weighted by Gasteiger charge is 2.26. The average Bonchev–Trinajstić information content (AvgIpc) is 2.97. The highest BCUT2D eigenvalue weighted by molar-refractivity contribution is 5.97. The van der Waals surface area contributed by atoms with Gasteiger partial charge in [-0.2, -0.15) is 0 Å². The van der Waals surface area contributed by atoms with Crippen molar-refractivity contribution >= 4 is 28.4 Å². The lowest BCUT2D eigenvalue weighted by atomic mass is 10.1. The molecule has 196 valence electrons. The molecule has 1 saturated heterocycles. The Labute approximate surface area is 220 Å². The Balaban J connectivity index is 1.24. The summed E-state index contributed by atoms with van der Waals surface area (Å²) in [6.07, 6.45) is 1.51. The third kappa shape index (κ3) is 5.06. The molecular formula is C28H29N5O5. The summed E-state index contributed by atoms with van der Waals surface area (Å²) in [6.45, 7) is 2.30. The van der Waals surface area contributed by atoms with Crippen molar-refractivity contribution in [3.8, 4) is 28.7 Å². The minimum absolute atomic E-state index is 0.151. The first-order chi connectivity index (χ1) is 18.6. The molecule has 38 heavy (non-hydrogen) atoms. The quantitative estimate of drug-likeness (QED) is 0.375. The fourth-order valence-electron chi connectivity index (χ4n) is 4.46. The van der Waals surface area contributed by atoms with Gasteiger partial charge in [-0.3, -0.25) is 0 Å². The van der Waals surface area contributed by atoms with Crippen LogP contribution in [0.3, 0.4) is 0 Å². The number of ether oxygens (including phenoxy) is 4. The summed E-state index contributed by atoms with van der Waals surface area (Å²) in [7, 11) is 4.71. The Kier molecular flexibility index (Phi) is 7.30. The molecule has 4 aromatic rings. The van der Waals surface area contributed by atoms with Crippen LogP contribution in [0.1, 0.15) is 0 Å². The van der Waals surface area contributed by atoms with Crippen LogP contribution >= 0.6 is 0 Å². The summed E-state index contributed by atoms with van der Waals surface area (Å²) in [4.78, 5) is 25.8. The monoisotopic (exact) mass is 515 g/mol. The van der Waals surface area contributed by atoms with Gasteiger partial charge >= 0.3 is 6.03 Å². The third-order valence-electron chi connectivity index (χ3n) is 6.36. The zero-order chi connectivity index (χ0) is 26.5. The van der Waals surface area contributed by atoms with E-state index in [2.05, 4.69) is 20.2 Å². The highest BCUT2D eigenvalue weighted by atomic mass is 16.5. The second kappa shape index (κ2) is 11.1. The molecule has 0 unspecified atom stereocenters. The van der Waals surface area contributed by atoms with Gasteiger partial charge in [-0.25, -0.2) is 14.8 Å². The number of para-hydroxylation sites is 1. The summed E-state index contributed by atoms with van der Waals surface area (Å²) >= 11 is 0. The number of rotatable bonds is 7. The molecule has 0 atom stereocenters. The van der Waals surface area contributed by atoms with Crippen molar-refractivity contribution in [3.63, 3.8) is 0 Å². The van der Waals surface area contributed by atoms with E-state index in [0.29, 0.717) is 60.4 Å². The van der Waals surface area contributed by atoms with Crippen molar-refractivity contribution in [2.45, 2.75) is 0 Å². The Morgan fingerprint density at radius 2 is 1.50 bits per heavy atom. The Hall–Kier alpha value is -4.73. The number of hydrogen-bond acceptors (Lipinski definition) is 8. The summed E-state index contributed by atoms with van der Waals surface area (Å²) in [5.74, 6) is 3.71. The lowest BCUT2D eigenvalue weighted by molar-refractivity contribution is 0.208. The number of fused-ring (bicyclic) bond motifs is 1. The van der Waals surface area contributed by atoms with Gasteiger partial charge in [-0.15, -0.1) is 0 Å². The zero-order valence-corrected chi connectivity index (χ0v) is 21.5. The third-order valence-corrected chi connectivity index (χ3v) is 6.36. The van der Waals surface area contributed by atoms with Crippen LogP contribution in [0.2, 0.25) is 0 Å².